The number of ether oxygens (including phenoxy) is 2. The van der Waals surface area contributed by atoms with E-state index in [2.05, 4.69) is 13.8 Å². The second kappa shape index (κ2) is 18.1. The van der Waals surface area contributed by atoms with Gasteiger partial charge in [-0.25, -0.2) is 0 Å². The Hall–Kier alpha value is -2.34. The van der Waals surface area contributed by atoms with Crippen LogP contribution in [0.25, 0.3) is 0 Å². The summed E-state index contributed by atoms with van der Waals surface area (Å²) in [6, 6.07) is 14.5. The molecule has 0 aliphatic carbocycles. The fraction of sp³-hybridized carbons (Fsp3) is 0.571. The molecule has 5 nitrogen and oxygen atoms in total. The van der Waals surface area contributed by atoms with Crippen molar-refractivity contribution in [1.29, 1.82) is 0 Å². The van der Waals surface area contributed by atoms with Crippen LogP contribution < -0.4 is 18.8 Å². The van der Waals surface area contributed by atoms with Crippen molar-refractivity contribution in [2.45, 2.75) is 90.9 Å². The van der Waals surface area contributed by atoms with Crippen LogP contribution in [-0.2, 0) is 0 Å². The summed E-state index contributed by atoms with van der Waals surface area (Å²) in [5, 5.41) is 10.2. The highest BCUT2D eigenvalue weighted by Crippen LogP contribution is 2.23. The molecule has 188 valence electrons. The van der Waals surface area contributed by atoms with E-state index in [9.17, 15) is 5.02 Å². The van der Waals surface area contributed by atoms with Crippen LogP contribution in [0.3, 0.4) is 0 Å². The average molecular weight is 470 g/mol. The minimum atomic E-state index is -1.43. The van der Waals surface area contributed by atoms with Gasteiger partial charge in [-0.3, -0.25) is 0 Å². The summed E-state index contributed by atoms with van der Waals surface area (Å²) in [7, 11) is -1.43. The second-order valence-corrected chi connectivity index (χ2v) is 8.72. The average Bonchev–Trinajstić information content (AvgIpc) is 2.83. The summed E-state index contributed by atoms with van der Waals surface area (Å²) in [6.45, 7) is 5.81. The third-order valence-corrected chi connectivity index (χ3v) is 5.62. The molecule has 0 fully saturated rings. The van der Waals surface area contributed by atoms with Gasteiger partial charge in [-0.1, -0.05) is 90.2 Å². The van der Waals surface area contributed by atoms with Crippen LogP contribution in [0, 0.1) is 0 Å². The number of benzene rings is 2. The molecule has 0 bridgehead atoms. The Labute approximate surface area is 207 Å². The van der Waals surface area contributed by atoms with E-state index >= 15 is 0 Å². The third kappa shape index (κ3) is 12.8. The molecule has 0 radical (unpaired) electrons. The van der Waals surface area contributed by atoms with Gasteiger partial charge in [0.1, 0.15) is 23.0 Å². The molecule has 1 N–H and O–H groups in total. The molecule has 0 aromatic heterocycles. The lowest BCUT2D eigenvalue weighted by atomic mass is 10.1. The molecular weight excluding hydrogens is 427 g/mol. The molecule has 0 amide bonds. The van der Waals surface area contributed by atoms with Gasteiger partial charge in [0.2, 0.25) is 0 Å². The molecule has 0 unspecified atom stereocenters. The lowest BCUT2D eigenvalue weighted by Crippen LogP contribution is -2.29. The monoisotopic (exact) mass is 470 g/mol. The highest BCUT2D eigenvalue weighted by Gasteiger charge is 2.21. The van der Waals surface area contributed by atoms with E-state index in [1.165, 1.54) is 64.2 Å². The Kier molecular flexibility index (Phi) is 14.8. The van der Waals surface area contributed by atoms with Crippen LogP contribution in [0.2, 0.25) is 0 Å². The van der Waals surface area contributed by atoms with Crippen molar-refractivity contribution in [2.24, 2.45) is 0 Å². The fourth-order valence-electron chi connectivity index (χ4n) is 3.68. The smallest absolute Gasteiger partial charge is 0.501 e. The zero-order chi connectivity index (χ0) is 24.3. The van der Waals surface area contributed by atoms with Gasteiger partial charge in [-0.15, -0.1) is 0 Å². The predicted octanol–water partition coefficient (Wildman–Crippen LogP) is 7.60. The van der Waals surface area contributed by atoms with Gasteiger partial charge in [0.15, 0.2) is 0 Å². The van der Waals surface area contributed by atoms with Crippen molar-refractivity contribution in [3.63, 3.8) is 0 Å². The Morgan fingerprint density at radius 3 is 1.38 bits per heavy atom. The van der Waals surface area contributed by atoms with E-state index in [4.69, 9.17) is 18.8 Å². The minimum Gasteiger partial charge on any atom is -0.501 e. The van der Waals surface area contributed by atoms with E-state index in [1.54, 1.807) is 24.3 Å². The summed E-state index contributed by atoms with van der Waals surface area (Å²) in [4.78, 5) is 0. The van der Waals surface area contributed by atoms with Gasteiger partial charge in [-0.05, 0) is 37.1 Å². The third-order valence-electron chi connectivity index (χ3n) is 5.62. The molecule has 0 spiro atoms. The Balaban J connectivity index is 1.69. The summed E-state index contributed by atoms with van der Waals surface area (Å²) in [5.41, 5.74) is 0. The molecule has 0 aliphatic rings. The standard InChI is InChI=1S/C28H43BO5/c1-3-5-7-9-11-13-21-31-25-17-15-19-27(23-25)33-29(30)34-28-20-16-18-26(24-28)32-22-14-12-10-8-6-4-2/h15-20,23-24,30H,3-14,21-22H2,1-2H3. The van der Waals surface area contributed by atoms with Gasteiger partial charge in [0, 0.05) is 12.1 Å². The van der Waals surface area contributed by atoms with Crippen LogP contribution in [0.4, 0.5) is 0 Å². The van der Waals surface area contributed by atoms with Crippen molar-refractivity contribution < 1.29 is 23.8 Å². The van der Waals surface area contributed by atoms with Crippen LogP contribution in [0.5, 0.6) is 23.0 Å². The van der Waals surface area contributed by atoms with Crippen LogP contribution in [-0.4, -0.2) is 25.6 Å². The molecule has 2 aromatic rings. The molecular formula is C28H43BO5. The zero-order valence-corrected chi connectivity index (χ0v) is 21.2. The first kappa shape index (κ1) is 27.9. The Morgan fingerprint density at radius 2 is 0.941 bits per heavy atom. The highest BCUT2D eigenvalue weighted by atomic mass is 16.7. The SMILES string of the molecule is CCCCCCCCOc1cccc(OB(O)Oc2cccc(OCCCCCCCC)c2)c1. The van der Waals surface area contributed by atoms with Crippen molar-refractivity contribution in [3.8, 4) is 23.0 Å². The van der Waals surface area contributed by atoms with E-state index in [0.717, 1.165) is 24.3 Å². The molecule has 0 saturated heterocycles. The number of rotatable bonds is 20. The Bertz CT molecular complexity index is 706. The second-order valence-electron chi connectivity index (χ2n) is 8.72. The van der Waals surface area contributed by atoms with Crippen molar-refractivity contribution in [2.75, 3.05) is 13.2 Å². The summed E-state index contributed by atoms with van der Waals surface area (Å²) >= 11 is 0. The van der Waals surface area contributed by atoms with E-state index < -0.39 is 7.32 Å². The van der Waals surface area contributed by atoms with Gasteiger partial charge >= 0.3 is 7.32 Å². The van der Waals surface area contributed by atoms with Crippen LogP contribution in [0.1, 0.15) is 90.9 Å². The zero-order valence-electron chi connectivity index (χ0n) is 21.2. The largest absolute Gasteiger partial charge is 0.785 e. The predicted molar refractivity (Wildman–Crippen MR) is 140 cm³/mol. The first-order chi connectivity index (χ1) is 16.7. The molecule has 0 saturated carbocycles. The van der Waals surface area contributed by atoms with Crippen molar-refractivity contribution in [3.05, 3.63) is 48.5 Å². The first-order valence-electron chi connectivity index (χ1n) is 13.2. The van der Waals surface area contributed by atoms with Crippen LogP contribution in [0.15, 0.2) is 48.5 Å². The summed E-state index contributed by atoms with van der Waals surface area (Å²) in [6.07, 6.45) is 14.7. The van der Waals surface area contributed by atoms with E-state index in [1.807, 2.05) is 24.3 Å². The number of hydrogen-bond acceptors (Lipinski definition) is 5. The van der Waals surface area contributed by atoms with Gasteiger partial charge in [0.25, 0.3) is 0 Å². The molecule has 0 heterocycles. The van der Waals surface area contributed by atoms with E-state index in [0.29, 0.717) is 24.7 Å². The van der Waals surface area contributed by atoms with Crippen molar-refractivity contribution in [1.82, 2.24) is 0 Å². The molecule has 6 heteroatoms. The van der Waals surface area contributed by atoms with E-state index in [-0.39, 0.29) is 0 Å². The van der Waals surface area contributed by atoms with Crippen LogP contribution >= 0.6 is 0 Å². The normalized spacial score (nSPS) is 10.7. The van der Waals surface area contributed by atoms with Gasteiger partial charge in [0.05, 0.1) is 13.2 Å². The first-order valence-corrected chi connectivity index (χ1v) is 13.2. The quantitative estimate of drug-likeness (QED) is 0.160. The lowest BCUT2D eigenvalue weighted by Gasteiger charge is -2.13. The topological polar surface area (TPSA) is 57.2 Å². The molecule has 2 aromatic carbocycles. The minimum absolute atomic E-state index is 0.489. The molecule has 0 aliphatic heterocycles. The highest BCUT2D eigenvalue weighted by molar-refractivity contribution is 6.36. The fourth-order valence-corrected chi connectivity index (χ4v) is 3.68. The molecule has 2 rings (SSSR count). The summed E-state index contributed by atoms with van der Waals surface area (Å²) < 4.78 is 22.7. The van der Waals surface area contributed by atoms with Crippen molar-refractivity contribution >= 4 is 7.32 Å². The maximum Gasteiger partial charge on any atom is 0.785 e. The van der Waals surface area contributed by atoms with Gasteiger partial charge < -0.3 is 23.8 Å². The number of hydrogen-bond donors (Lipinski definition) is 1. The number of unbranched alkanes of at least 4 members (excludes halogenated alkanes) is 10. The Morgan fingerprint density at radius 1 is 0.559 bits per heavy atom. The molecule has 0 atom stereocenters. The van der Waals surface area contributed by atoms with Gasteiger partial charge in [-0.2, -0.15) is 0 Å². The maximum absolute atomic E-state index is 10.2. The lowest BCUT2D eigenvalue weighted by molar-refractivity contribution is 0.287. The summed E-state index contributed by atoms with van der Waals surface area (Å²) in [5.74, 6) is 2.43. The maximum atomic E-state index is 10.2. The molecule has 34 heavy (non-hydrogen) atoms.